The van der Waals surface area contributed by atoms with Gasteiger partial charge in [-0.05, 0) is 36.5 Å². The number of piperidine rings is 1. The first-order valence-corrected chi connectivity index (χ1v) is 10.8. The summed E-state index contributed by atoms with van der Waals surface area (Å²) in [5, 5.41) is 8.56. The zero-order valence-electron chi connectivity index (χ0n) is 18.2. The molecule has 172 valence electrons. The van der Waals surface area contributed by atoms with E-state index < -0.39 is 5.91 Å². The summed E-state index contributed by atoms with van der Waals surface area (Å²) in [4.78, 5) is 34.4. The second kappa shape index (κ2) is 11.4. The molecular weight excluding hydrogens is 440 g/mol. The van der Waals surface area contributed by atoms with Gasteiger partial charge in [-0.2, -0.15) is 0 Å². The van der Waals surface area contributed by atoms with E-state index in [2.05, 4.69) is 4.98 Å². The molecule has 0 aliphatic carbocycles. The summed E-state index contributed by atoms with van der Waals surface area (Å²) >= 11 is 0. The highest BCUT2D eigenvalue weighted by Crippen LogP contribution is 2.25. The highest BCUT2D eigenvalue weighted by atomic mass is 35.5. The number of aromatic nitrogens is 2. The topological polar surface area (TPSA) is 98.3 Å². The number of hydrogen-bond acceptors (Lipinski definition) is 4. The summed E-state index contributed by atoms with van der Waals surface area (Å²) in [6.45, 7) is 1.56. The number of carbonyl (C=O) groups excluding carboxylic acids is 2. The van der Waals surface area contributed by atoms with Crippen LogP contribution in [0.3, 0.4) is 0 Å². The molecule has 33 heavy (non-hydrogen) atoms. The minimum absolute atomic E-state index is 0. The van der Waals surface area contributed by atoms with Gasteiger partial charge in [-0.1, -0.05) is 54.6 Å². The molecule has 1 aliphatic heterocycles. The van der Waals surface area contributed by atoms with Gasteiger partial charge in [0.25, 0.3) is 11.8 Å². The molecule has 0 unspecified atom stereocenters. The van der Waals surface area contributed by atoms with E-state index in [1.807, 2.05) is 59.5 Å². The number of benzene rings is 2. The van der Waals surface area contributed by atoms with Crippen LogP contribution < -0.4 is 5.48 Å². The first-order chi connectivity index (χ1) is 15.6. The number of hydroxylamine groups is 1. The van der Waals surface area contributed by atoms with E-state index in [0.717, 1.165) is 48.4 Å². The van der Waals surface area contributed by atoms with Crippen LogP contribution in [0.1, 0.15) is 46.7 Å². The zero-order chi connectivity index (χ0) is 22.3. The fourth-order valence-electron chi connectivity index (χ4n) is 3.87. The average Bonchev–Trinajstić information content (AvgIpc) is 3.27. The molecule has 2 aromatic carbocycles. The van der Waals surface area contributed by atoms with Gasteiger partial charge in [0.05, 0.1) is 0 Å². The van der Waals surface area contributed by atoms with Gasteiger partial charge < -0.3 is 9.88 Å². The molecule has 8 heteroatoms. The van der Waals surface area contributed by atoms with Gasteiger partial charge >= 0.3 is 0 Å². The van der Waals surface area contributed by atoms with Crippen LogP contribution >= 0.6 is 12.4 Å². The summed E-state index contributed by atoms with van der Waals surface area (Å²) in [5.41, 5.74) is 5.57. The number of H-pyrrole nitrogens is 1. The Bertz CT molecular complexity index is 1100. The minimum Gasteiger partial charge on any atom is -0.337 e. The molecule has 2 amide bonds. The number of carbonyl (C=O) groups is 2. The van der Waals surface area contributed by atoms with Gasteiger partial charge in [0.1, 0.15) is 17.2 Å². The molecule has 4 rings (SSSR count). The smallest absolute Gasteiger partial charge is 0.272 e. The number of nitrogens with zero attached hydrogens (tertiary/aromatic N) is 2. The fraction of sp³-hybridized carbons (Fsp3) is 0.240. The Balaban J connectivity index is 0.00000306. The van der Waals surface area contributed by atoms with Crippen molar-refractivity contribution < 1.29 is 14.8 Å². The van der Waals surface area contributed by atoms with Crippen molar-refractivity contribution in [2.24, 2.45) is 0 Å². The van der Waals surface area contributed by atoms with Crippen molar-refractivity contribution in [3.8, 4) is 11.3 Å². The molecule has 3 aromatic rings. The number of halogens is 1. The quantitative estimate of drug-likeness (QED) is 0.287. The zero-order valence-corrected chi connectivity index (χ0v) is 19.0. The first kappa shape index (κ1) is 24.2. The van der Waals surface area contributed by atoms with E-state index in [0.29, 0.717) is 17.8 Å². The van der Waals surface area contributed by atoms with Gasteiger partial charge in [0, 0.05) is 31.1 Å². The molecule has 1 aromatic heterocycles. The van der Waals surface area contributed by atoms with Crippen molar-refractivity contribution in [3.05, 3.63) is 83.3 Å². The SMILES string of the molecule is Cl.O=C(/C=C/c1ccc(Cc2nc(-c3ccccc3)c(C(=O)N3CCCCC3)[nH]2)cc1)NO. The minimum atomic E-state index is -0.580. The van der Waals surface area contributed by atoms with Gasteiger partial charge in [0.2, 0.25) is 0 Å². The number of nitrogens with one attached hydrogen (secondary N) is 2. The van der Waals surface area contributed by atoms with E-state index in [9.17, 15) is 9.59 Å². The number of likely N-dealkylation sites (tertiary alicyclic amines) is 1. The van der Waals surface area contributed by atoms with Crippen molar-refractivity contribution in [3.63, 3.8) is 0 Å². The first-order valence-electron chi connectivity index (χ1n) is 10.8. The lowest BCUT2D eigenvalue weighted by atomic mass is 10.1. The van der Waals surface area contributed by atoms with Gasteiger partial charge in [-0.3, -0.25) is 14.8 Å². The molecule has 0 saturated carbocycles. The molecule has 1 fully saturated rings. The molecule has 0 radical (unpaired) electrons. The van der Waals surface area contributed by atoms with E-state index in [1.165, 1.54) is 12.5 Å². The molecule has 1 aliphatic rings. The third kappa shape index (κ3) is 6.09. The number of amides is 2. The van der Waals surface area contributed by atoms with Crippen molar-refractivity contribution in [1.29, 1.82) is 0 Å². The Labute approximate surface area is 198 Å². The molecule has 0 bridgehead atoms. The van der Waals surface area contributed by atoms with Crippen LogP contribution in [-0.4, -0.2) is 45.0 Å². The predicted octanol–water partition coefficient (Wildman–Crippen LogP) is 4.23. The molecule has 0 spiro atoms. The van der Waals surface area contributed by atoms with Crippen LogP contribution in [0, 0.1) is 0 Å². The van der Waals surface area contributed by atoms with Crippen molar-refractivity contribution in [2.45, 2.75) is 25.7 Å². The van der Waals surface area contributed by atoms with Crippen LogP contribution in [0.2, 0.25) is 0 Å². The standard InChI is InChI=1S/C25H26N4O3.ClH/c30-22(28-32)14-13-18-9-11-19(12-10-18)17-21-26-23(20-7-3-1-4-8-20)24(27-21)25(31)29-15-5-2-6-16-29;/h1,3-4,7-14,32H,2,5-6,15-17H2,(H,26,27)(H,28,30);1H/b14-13+;. The largest absolute Gasteiger partial charge is 0.337 e. The van der Waals surface area contributed by atoms with Gasteiger partial charge in [0.15, 0.2) is 0 Å². The Hall–Kier alpha value is -3.42. The second-order valence-electron chi connectivity index (χ2n) is 7.85. The van der Waals surface area contributed by atoms with E-state index in [4.69, 9.17) is 10.2 Å². The molecule has 0 atom stereocenters. The fourth-order valence-corrected chi connectivity index (χ4v) is 3.87. The summed E-state index contributed by atoms with van der Waals surface area (Å²) in [6.07, 6.45) is 6.66. The Kier molecular flexibility index (Phi) is 8.40. The lowest BCUT2D eigenvalue weighted by Gasteiger charge is -2.26. The highest BCUT2D eigenvalue weighted by Gasteiger charge is 2.24. The van der Waals surface area contributed by atoms with Crippen molar-refractivity contribution >= 4 is 30.3 Å². The van der Waals surface area contributed by atoms with Gasteiger partial charge in [-0.15, -0.1) is 12.4 Å². The summed E-state index contributed by atoms with van der Waals surface area (Å²) in [7, 11) is 0. The van der Waals surface area contributed by atoms with E-state index in [-0.39, 0.29) is 18.3 Å². The number of hydrogen-bond donors (Lipinski definition) is 3. The number of aromatic amines is 1. The lowest BCUT2D eigenvalue weighted by molar-refractivity contribution is -0.124. The van der Waals surface area contributed by atoms with Crippen LogP contribution in [0.15, 0.2) is 60.7 Å². The van der Waals surface area contributed by atoms with E-state index >= 15 is 0 Å². The van der Waals surface area contributed by atoms with E-state index in [1.54, 1.807) is 11.6 Å². The van der Waals surface area contributed by atoms with Crippen LogP contribution in [0.5, 0.6) is 0 Å². The maximum atomic E-state index is 13.3. The molecule has 7 nitrogen and oxygen atoms in total. The molecule has 3 N–H and O–H groups in total. The summed E-state index contributed by atoms with van der Waals surface area (Å²) in [5.74, 6) is 0.154. The Morgan fingerprint density at radius 2 is 1.73 bits per heavy atom. The normalized spacial score (nSPS) is 13.5. The highest BCUT2D eigenvalue weighted by molar-refractivity contribution is 5.98. The van der Waals surface area contributed by atoms with Crippen molar-refractivity contribution in [1.82, 2.24) is 20.3 Å². The second-order valence-corrected chi connectivity index (χ2v) is 7.85. The Morgan fingerprint density at radius 1 is 1.03 bits per heavy atom. The number of imidazole rings is 1. The summed E-state index contributed by atoms with van der Waals surface area (Å²) < 4.78 is 0. The van der Waals surface area contributed by atoms with Crippen LogP contribution in [0.4, 0.5) is 0 Å². The monoisotopic (exact) mass is 466 g/mol. The van der Waals surface area contributed by atoms with Crippen LogP contribution in [-0.2, 0) is 11.2 Å². The third-order valence-electron chi connectivity index (χ3n) is 5.55. The summed E-state index contributed by atoms with van der Waals surface area (Å²) in [6, 6.07) is 17.5. The average molecular weight is 467 g/mol. The maximum absolute atomic E-state index is 13.3. The number of rotatable bonds is 6. The molecule has 1 saturated heterocycles. The lowest BCUT2D eigenvalue weighted by Crippen LogP contribution is -2.36. The van der Waals surface area contributed by atoms with Crippen molar-refractivity contribution in [2.75, 3.05) is 13.1 Å². The van der Waals surface area contributed by atoms with Crippen LogP contribution in [0.25, 0.3) is 17.3 Å². The molecular formula is C25H27ClN4O3. The van der Waals surface area contributed by atoms with Gasteiger partial charge in [-0.25, -0.2) is 10.5 Å². The predicted molar refractivity (Wildman–Crippen MR) is 129 cm³/mol. The molecule has 2 heterocycles. The third-order valence-corrected chi connectivity index (χ3v) is 5.55. The Morgan fingerprint density at radius 3 is 2.39 bits per heavy atom. The maximum Gasteiger partial charge on any atom is 0.272 e.